The Bertz CT molecular complexity index is 704. The fourth-order valence-corrected chi connectivity index (χ4v) is 2.83. The number of halogens is 3. The standard InChI is InChI=1S/C19H22F3N3O2/c1-3-18(26)25-9-7-14(8-10-25)15(11-23-4-2)13-27-16-5-6-17(24-12-16)19(20,21)22/h3-6,11-12,14H,1,7-10,13H2,2H3/b15-11+,23-4?. The molecule has 0 unspecified atom stereocenters. The lowest BCUT2D eigenvalue weighted by molar-refractivity contribution is -0.141. The van der Waals surface area contributed by atoms with Crippen LogP contribution in [0.1, 0.15) is 25.5 Å². The number of pyridine rings is 1. The minimum absolute atomic E-state index is 0.0855. The van der Waals surface area contributed by atoms with Crippen LogP contribution in [0.4, 0.5) is 13.2 Å². The summed E-state index contributed by atoms with van der Waals surface area (Å²) < 4.78 is 43.3. The molecule has 1 aliphatic rings. The summed E-state index contributed by atoms with van der Waals surface area (Å²) in [4.78, 5) is 21.0. The van der Waals surface area contributed by atoms with E-state index in [-0.39, 0.29) is 24.2 Å². The Labute approximate surface area is 156 Å². The van der Waals surface area contributed by atoms with Gasteiger partial charge >= 0.3 is 6.18 Å². The Kier molecular flexibility index (Phi) is 7.15. The van der Waals surface area contributed by atoms with Crippen molar-refractivity contribution in [2.45, 2.75) is 25.9 Å². The van der Waals surface area contributed by atoms with Crippen molar-refractivity contribution in [1.29, 1.82) is 0 Å². The molecule has 0 N–H and O–H groups in total. The van der Waals surface area contributed by atoms with E-state index >= 15 is 0 Å². The van der Waals surface area contributed by atoms with E-state index < -0.39 is 11.9 Å². The Morgan fingerprint density at radius 2 is 2.11 bits per heavy atom. The number of amides is 1. The highest BCUT2D eigenvalue weighted by atomic mass is 19.4. The highest BCUT2D eigenvalue weighted by Crippen LogP contribution is 2.29. The summed E-state index contributed by atoms with van der Waals surface area (Å²) in [6, 6.07) is 2.14. The molecule has 1 saturated heterocycles. The van der Waals surface area contributed by atoms with Gasteiger partial charge in [-0.25, -0.2) is 4.98 Å². The molecule has 0 radical (unpaired) electrons. The van der Waals surface area contributed by atoms with Gasteiger partial charge in [0.1, 0.15) is 18.1 Å². The monoisotopic (exact) mass is 381 g/mol. The molecule has 27 heavy (non-hydrogen) atoms. The van der Waals surface area contributed by atoms with Crippen molar-refractivity contribution in [2.75, 3.05) is 19.7 Å². The van der Waals surface area contributed by atoms with Gasteiger partial charge in [-0.15, -0.1) is 0 Å². The second kappa shape index (κ2) is 9.34. The molecule has 0 bridgehead atoms. The van der Waals surface area contributed by atoms with E-state index in [9.17, 15) is 18.0 Å². The average molecular weight is 381 g/mol. The van der Waals surface area contributed by atoms with Gasteiger partial charge < -0.3 is 9.64 Å². The number of likely N-dealkylation sites (tertiary alicyclic amines) is 1. The third-order valence-corrected chi connectivity index (χ3v) is 4.33. The molecule has 1 aromatic rings. The maximum absolute atomic E-state index is 12.6. The summed E-state index contributed by atoms with van der Waals surface area (Å²) >= 11 is 0. The molecule has 1 aromatic heterocycles. The zero-order valence-electron chi connectivity index (χ0n) is 15.1. The van der Waals surface area contributed by atoms with Crippen LogP contribution in [0.15, 0.2) is 47.7 Å². The number of carbonyl (C=O) groups is 1. The van der Waals surface area contributed by atoms with E-state index in [0.717, 1.165) is 30.7 Å². The number of aromatic nitrogens is 1. The molecule has 2 rings (SSSR count). The van der Waals surface area contributed by atoms with Crippen LogP contribution in [-0.4, -0.2) is 41.7 Å². The van der Waals surface area contributed by atoms with Gasteiger partial charge in [-0.05, 0) is 49.5 Å². The minimum Gasteiger partial charge on any atom is -0.488 e. The van der Waals surface area contributed by atoms with Crippen molar-refractivity contribution in [1.82, 2.24) is 9.88 Å². The highest BCUT2D eigenvalue weighted by Gasteiger charge is 2.32. The second-order valence-corrected chi connectivity index (χ2v) is 6.08. The molecule has 0 spiro atoms. The number of carbonyl (C=O) groups excluding carboxylic acids is 1. The first kappa shape index (κ1) is 20.7. The zero-order valence-corrected chi connectivity index (χ0v) is 15.1. The van der Waals surface area contributed by atoms with E-state index in [1.54, 1.807) is 24.2 Å². The van der Waals surface area contributed by atoms with Crippen molar-refractivity contribution in [2.24, 2.45) is 10.9 Å². The minimum atomic E-state index is -4.48. The number of nitrogens with zero attached hydrogens (tertiary/aromatic N) is 3. The predicted molar refractivity (Wildman–Crippen MR) is 96.5 cm³/mol. The van der Waals surface area contributed by atoms with Crippen LogP contribution in [0.25, 0.3) is 0 Å². The summed E-state index contributed by atoms with van der Waals surface area (Å²) in [6.07, 6.45) is 2.78. The lowest BCUT2D eigenvalue weighted by Gasteiger charge is -2.32. The molecule has 1 fully saturated rings. The molecule has 0 atom stereocenters. The topological polar surface area (TPSA) is 54.8 Å². The number of ether oxygens (including phenoxy) is 1. The Morgan fingerprint density at radius 1 is 1.41 bits per heavy atom. The quantitative estimate of drug-likeness (QED) is 0.555. The van der Waals surface area contributed by atoms with E-state index in [2.05, 4.69) is 16.6 Å². The summed E-state index contributed by atoms with van der Waals surface area (Å²) in [5, 5.41) is 0. The molecule has 1 aliphatic heterocycles. The fourth-order valence-electron chi connectivity index (χ4n) is 2.83. The van der Waals surface area contributed by atoms with Gasteiger partial charge in [0, 0.05) is 25.5 Å². The van der Waals surface area contributed by atoms with Gasteiger partial charge in [0.2, 0.25) is 5.91 Å². The van der Waals surface area contributed by atoms with E-state index in [1.807, 2.05) is 0 Å². The molecule has 0 aliphatic carbocycles. The highest BCUT2D eigenvalue weighted by molar-refractivity contribution is 5.87. The van der Waals surface area contributed by atoms with E-state index in [4.69, 9.17) is 4.74 Å². The van der Waals surface area contributed by atoms with Gasteiger partial charge in [0.05, 0.1) is 6.20 Å². The number of alkyl halides is 3. The molecule has 2 heterocycles. The molecular formula is C19H22F3N3O2. The third kappa shape index (κ3) is 5.94. The number of hydrogen-bond acceptors (Lipinski definition) is 4. The van der Waals surface area contributed by atoms with Crippen LogP contribution in [0.3, 0.4) is 0 Å². The van der Waals surface area contributed by atoms with Crippen LogP contribution in [0, 0.1) is 5.92 Å². The number of piperidine rings is 1. The van der Waals surface area contributed by atoms with Crippen molar-refractivity contribution in [3.05, 3.63) is 48.5 Å². The molecule has 0 aromatic carbocycles. The smallest absolute Gasteiger partial charge is 0.433 e. The lowest BCUT2D eigenvalue weighted by atomic mass is 9.90. The van der Waals surface area contributed by atoms with Crippen LogP contribution in [-0.2, 0) is 11.0 Å². The number of hydrogen-bond donors (Lipinski definition) is 0. The summed E-state index contributed by atoms with van der Waals surface area (Å²) in [5.41, 5.74) is -0.0286. The summed E-state index contributed by atoms with van der Waals surface area (Å²) in [5.74, 6) is 0.358. The Balaban J connectivity index is 1.99. The molecule has 1 amide bonds. The van der Waals surface area contributed by atoms with Crippen molar-refractivity contribution < 1.29 is 22.7 Å². The lowest BCUT2D eigenvalue weighted by Crippen LogP contribution is -2.38. The normalized spacial score (nSPS) is 16.6. The molecular weight excluding hydrogens is 359 g/mol. The van der Waals surface area contributed by atoms with Crippen molar-refractivity contribution >= 4 is 12.1 Å². The largest absolute Gasteiger partial charge is 0.488 e. The van der Waals surface area contributed by atoms with Crippen LogP contribution in [0.5, 0.6) is 5.75 Å². The SMILES string of the molecule is C=CC(=O)N1CCC(/C(=C/N=CC)COc2ccc(C(F)(F)F)nc2)CC1. The van der Waals surface area contributed by atoms with Crippen LogP contribution < -0.4 is 4.74 Å². The van der Waals surface area contributed by atoms with Gasteiger partial charge in [0.25, 0.3) is 0 Å². The summed E-state index contributed by atoms with van der Waals surface area (Å²) in [6.45, 7) is 6.72. The first-order chi connectivity index (χ1) is 12.8. The van der Waals surface area contributed by atoms with Crippen LogP contribution >= 0.6 is 0 Å². The fraction of sp³-hybridized carbons (Fsp3) is 0.421. The predicted octanol–water partition coefficient (Wildman–Crippen LogP) is 3.88. The molecule has 0 saturated carbocycles. The third-order valence-electron chi connectivity index (χ3n) is 4.33. The maximum Gasteiger partial charge on any atom is 0.433 e. The van der Waals surface area contributed by atoms with Gasteiger partial charge in [0.15, 0.2) is 0 Å². The van der Waals surface area contributed by atoms with Gasteiger partial charge in [-0.3, -0.25) is 9.79 Å². The summed E-state index contributed by atoms with van der Waals surface area (Å²) in [7, 11) is 0. The molecule has 8 heteroatoms. The van der Waals surface area contributed by atoms with Gasteiger partial charge in [-0.2, -0.15) is 13.2 Å². The Hall–Kier alpha value is -2.64. The average Bonchev–Trinajstić information content (AvgIpc) is 2.67. The maximum atomic E-state index is 12.6. The zero-order chi connectivity index (χ0) is 19.9. The number of rotatable bonds is 6. The first-order valence-electron chi connectivity index (χ1n) is 8.59. The molecule has 5 nitrogen and oxygen atoms in total. The van der Waals surface area contributed by atoms with Gasteiger partial charge in [-0.1, -0.05) is 6.58 Å². The van der Waals surface area contributed by atoms with Crippen LogP contribution in [0.2, 0.25) is 0 Å². The molecule has 146 valence electrons. The van der Waals surface area contributed by atoms with E-state index in [0.29, 0.717) is 13.1 Å². The van der Waals surface area contributed by atoms with Crippen molar-refractivity contribution in [3.63, 3.8) is 0 Å². The second-order valence-electron chi connectivity index (χ2n) is 6.08. The first-order valence-corrected chi connectivity index (χ1v) is 8.59. The number of aliphatic imine (C=N–C) groups is 1. The van der Waals surface area contributed by atoms with E-state index in [1.165, 1.54) is 12.1 Å². The Morgan fingerprint density at radius 3 is 2.63 bits per heavy atom. The van der Waals surface area contributed by atoms with Crippen molar-refractivity contribution in [3.8, 4) is 5.75 Å².